The summed E-state index contributed by atoms with van der Waals surface area (Å²) in [6.07, 6.45) is -1.72. The molecule has 204 valence electrons. The van der Waals surface area contributed by atoms with E-state index in [0.717, 1.165) is 9.80 Å². The van der Waals surface area contributed by atoms with Gasteiger partial charge in [-0.3, -0.25) is 18.9 Å². The number of hydrogen-bond acceptors (Lipinski definition) is 8. The van der Waals surface area contributed by atoms with Crippen LogP contribution in [0.5, 0.6) is 11.5 Å². The smallest absolute Gasteiger partial charge is 0.508 e. The van der Waals surface area contributed by atoms with Crippen LogP contribution in [0.25, 0.3) is 0 Å². The van der Waals surface area contributed by atoms with Crippen molar-refractivity contribution in [1.82, 2.24) is 9.80 Å². The second-order valence-electron chi connectivity index (χ2n) is 7.86. The zero-order chi connectivity index (χ0) is 25.5. The summed E-state index contributed by atoms with van der Waals surface area (Å²) in [6.45, 7) is -1.95. The molecule has 0 fully saturated rings. The van der Waals surface area contributed by atoms with Crippen LogP contribution >= 0.6 is 15.2 Å². The van der Waals surface area contributed by atoms with Crippen molar-refractivity contribution in [1.29, 1.82) is 0 Å². The van der Waals surface area contributed by atoms with Crippen molar-refractivity contribution in [2.24, 2.45) is 0 Å². The summed E-state index contributed by atoms with van der Waals surface area (Å²) in [6, 6.07) is 9.66. The second-order valence-corrected chi connectivity index (χ2v) is 11.1. The van der Waals surface area contributed by atoms with Gasteiger partial charge in [-0.25, -0.2) is 0 Å². The van der Waals surface area contributed by atoms with Gasteiger partial charge in [-0.2, -0.15) is 0 Å². The van der Waals surface area contributed by atoms with E-state index in [1.54, 1.807) is 24.3 Å². The molecule has 2 atom stereocenters. The molecule has 36 heavy (non-hydrogen) atoms. The minimum atomic E-state index is -4.70. The van der Waals surface area contributed by atoms with E-state index in [2.05, 4.69) is 0 Å². The first-order valence-electron chi connectivity index (χ1n) is 10.2. The third-order valence-corrected chi connectivity index (χ3v) is 6.68. The summed E-state index contributed by atoms with van der Waals surface area (Å²) >= 11 is 0. The molecular weight excluding hydrogens is 558 g/mol. The molecule has 2 aromatic rings. The SMILES string of the molecule is C.O=P(O)(O)CN(Cc1ccccc1O)C(CO)C(CO)N(Cc1ccccc1O)CP(=O)(O)O.[Fe+2]. The summed E-state index contributed by atoms with van der Waals surface area (Å²) in [7, 11) is -9.39. The maximum atomic E-state index is 11.9. The number of para-hydroxylation sites is 2. The van der Waals surface area contributed by atoms with Gasteiger partial charge >= 0.3 is 32.3 Å². The zero-order valence-electron chi connectivity index (χ0n) is 18.6. The predicted molar refractivity (Wildman–Crippen MR) is 130 cm³/mol. The van der Waals surface area contributed by atoms with Crippen LogP contribution in [0.2, 0.25) is 0 Å². The molecule has 12 nitrogen and oxygen atoms in total. The molecular formula is C21H34FeN2O10P2+2. The number of hydrogen-bond donors (Lipinski definition) is 8. The molecule has 2 unspecified atom stereocenters. The monoisotopic (exact) mass is 592 g/mol. The normalized spacial score (nSPS) is 13.7. The molecule has 0 aliphatic rings. The molecule has 0 saturated heterocycles. The molecule has 0 radical (unpaired) electrons. The third kappa shape index (κ3) is 11.0. The van der Waals surface area contributed by atoms with Gasteiger partial charge in [0, 0.05) is 24.2 Å². The van der Waals surface area contributed by atoms with Gasteiger partial charge in [-0.05, 0) is 12.1 Å². The maximum absolute atomic E-state index is 11.9. The molecule has 2 rings (SSSR count). The minimum absolute atomic E-state index is 0. The van der Waals surface area contributed by atoms with Crippen LogP contribution in [-0.2, 0) is 39.3 Å². The first-order valence-corrected chi connectivity index (χ1v) is 13.8. The number of aromatic hydroxyl groups is 2. The average molecular weight is 592 g/mol. The molecule has 0 amide bonds. The van der Waals surface area contributed by atoms with Gasteiger partial charge in [0.1, 0.15) is 24.1 Å². The van der Waals surface area contributed by atoms with Crippen LogP contribution in [0.1, 0.15) is 18.6 Å². The van der Waals surface area contributed by atoms with Crippen LogP contribution in [0.4, 0.5) is 0 Å². The van der Waals surface area contributed by atoms with Gasteiger partial charge in [0.2, 0.25) is 0 Å². The minimum Gasteiger partial charge on any atom is -0.508 e. The number of nitrogens with zero attached hydrogens (tertiary/aromatic N) is 2. The van der Waals surface area contributed by atoms with Crippen molar-refractivity contribution >= 4 is 15.2 Å². The molecule has 0 bridgehead atoms. The molecule has 0 heterocycles. The molecule has 0 aromatic heterocycles. The van der Waals surface area contributed by atoms with E-state index in [0.29, 0.717) is 0 Å². The Hall–Kier alpha value is -1.30. The summed E-state index contributed by atoms with van der Waals surface area (Å²) in [5, 5.41) is 40.6. The van der Waals surface area contributed by atoms with Crippen LogP contribution in [-0.4, -0.2) is 87.7 Å². The first-order chi connectivity index (χ1) is 15.8. The molecule has 0 aliphatic heterocycles. The number of benzene rings is 2. The summed E-state index contributed by atoms with van der Waals surface area (Å²) in [5.74, 6) is -0.312. The van der Waals surface area contributed by atoms with E-state index >= 15 is 0 Å². The standard InChI is InChI=1S/C20H30N2O10P2.CH4.Fe/c23-11-17(21(13-33(27,28)29)9-15-5-1-3-7-19(15)25)18(12-24)22(14-34(30,31)32)10-16-6-2-4-8-20(16)26;;/h1-8,17-18,23-26H,9-14H2,(H2,27,28,29)(H2,30,31,32);1H4;/q;;+2. The Morgan fingerprint density at radius 2 is 0.972 bits per heavy atom. The Morgan fingerprint density at radius 1 is 0.667 bits per heavy atom. The molecule has 2 aromatic carbocycles. The quantitative estimate of drug-likeness (QED) is 0.121. The summed E-state index contributed by atoms with van der Waals surface area (Å²) in [5.41, 5.74) is 0.571. The zero-order valence-corrected chi connectivity index (χ0v) is 21.4. The number of aliphatic hydroxyl groups excluding tert-OH is 2. The maximum Gasteiger partial charge on any atom is 2.00 e. The van der Waals surface area contributed by atoms with Gasteiger partial charge in [-0.15, -0.1) is 0 Å². The van der Waals surface area contributed by atoms with Crippen molar-refractivity contribution < 1.29 is 66.2 Å². The predicted octanol–water partition coefficient (Wildman–Crippen LogP) is 1.03. The summed E-state index contributed by atoms with van der Waals surface area (Å²) < 4.78 is 23.7. The third-order valence-electron chi connectivity index (χ3n) is 5.22. The Balaban J connectivity index is 0.00000612. The molecule has 8 N–H and O–H groups in total. The Labute approximate surface area is 220 Å². The molecule has 0 spiro atoms. The largest absolute Gasteiger partial charge is 2.00 e. The molecule has 15 heteroatoms. The van der Waals surface area contributed by atoms with Crippen LogP contribution in [0.15, 0.2) is 48.5 Å². The molecule has 0 aliphatic carbocycles. The summed E-state index contributed by atoms with van der Waals surface area (Å²) in [4.78, 5) is 40.8. The number of phenols is 2. The van der Waals surface area contributed by atoms with Crippen molar-refractivity contribution in [2.45, 2.75) is 32.6 Å². The number of aliphatic hydroxyl groups is 2. The Morgan fingerprint density at radius 3 is 1.22 bits per heavy atom. The molecule has 0 saturated carbocycles. The van der Waals surface area contributed by atoms with Gasteiger partial charge in [0.25, 0.3) is 0 Å². The van der Waals surface area contributed by atoms with Crippen molar-refractivity contribution in [3.8, 4) is 11.5 Å². The fourth-order valence-corrected chi connectivity index (χ4v) is 5.27. The van der Waals surface area contributed by atoms with Crippen molar-refractivity contribution in [3.05, 3.63) is 59.7 Å². The number of rotatable bonds is 13. The fraction of sp³-hybridized carbons (Fsp3) is 0.429. The first kappa shape index (κ1) is 34.7. The van der Waals surface area contributed by atoms with Crippen molar-refractivity contribution in [2.75, 3.05) is 25.8 Å². The van der Waals surface area contributed by atoms with E-state index in [1.807, 2.05) is 0 Å². The Bertz CT molecular complexity index is 954. The van der Waals surface area contributed by atoms with E-state index in [4.69, 9.17) is 0 Å². The second kappa shape index (κ2) is 15.2. The van der Waals surface area contributed by atoms with E-state index < -0.39 is 53.1 Å². The topological polar surface area (TPSA) is 202 Å². The van der Waals surface area contributed by atoms with E-state index in [1.165, 1.54) is 24.3 Å². The van der Waals surface area contributed by atoms with Gasteiger partial charge < -0.3 is 40.0 Å². The van der Waals surface area contributed by atoms with Gasteiger partial charge in [0.05, 0.1) is 25.3 Å². The Kier molecular flexibility index (Phi) is 14.6. The van der Waals surface area contributed by atoms with Crippen molar-refractivity contribution in [3.63, 3.8) is 0 Å². The van der Waals surface area contributed by atoms with Gasteiger partial charge in [0.15, 0.2) is 0 Å². The van der Waals surface area contributed by atoms with Crippen LogP contribution in [0.3, 0.4) is 0 Å². The van der Waals surface area contributed by atoms with Crippen LogP contribution < -0.4 is 0 Å². The van der Waals surface area contributed by atoms with E-state index in [-0.39, 0.29) is 60.2 Å². The van der Waals surface area contributed by atoms with E-state index in [9.17, 15) is 49.1 Å². The average Bonchev–Trinajstić information content (AvgIpc) is 2.72. The number of phenolic OH excluding ortho intramolecular Hbond substituents is 2. The van der Waals surface area contributed by atoms with Gasteiger partial charge in [-0.1, -0.05) is 43.8 Å². The van der Waals surface area contributed by atoms with Crippen LogP contribution in [0, 0.1) is 0 Å². The fourth-order valence-electron chi connectivity index (χ4n) is 3.71.